The van der Waals surface area contributed by atoms with Gasteiger partial charge < -0.3 is 9.84 Å². The molecule has 0 aromatic rings. The molecule has 2 rings (SSSR count). The molecular weight excluding hydrogens is 250 g/mol. The summed E-state index contributed by atoms with van der Waals surface area (Å²) in [6.45, 7) is 2.51. The summed E-state index contributed by atoms with van der Waals surface area (Å²) in [5.74, 6) is 0.677. The summed E-state index contributed by atoms with van der Waals surface area (Å²) < 4.78 is 5.25. The number of thioether (sulfide) groups is 1. The maximum atomic E-state index is 12.2. The first-order valence-electron chi connectivity index (χ1n) is 6.87. The number of carbonyl (C=O) groups is 1. The number of aliphatic hydroxyl groups excluding tert-OH is 1. The number of nitrogens with one attached hydrogen (secondary N) is 1. The third-order valence-electron chi connectivity index (χ3n) is 3.64. The molecule has 2 aliphatic rings. The van der Waals surface area contributed by atoms with Crippen LogP contribution in [0.1, 0.15) is 39.0 Å². The molecule has 4 nitrogen and oxygen atoms in total. The lowest BCUT2D eigenvalue weighted by molar-refractivity contribution is -0.151. The van der Waals surface area contributed by atoms with Gasteiger partial charge in [0.1, 0.15) is 5.54 Å². The van der Waals surface area contributed by atoms with Crippen LogP contribution in [0.2, 0.25) is 0 Å². The van der Waals surface area contributed by atoms with Gasteiger partial charge in [0.15, 0.2) is 0 Å². The van der Waals surface area contributed by atoms with Crippen molar-refractivity contribution >= 4 is 17.7 Å². The van der Waals surface area contributed by atoms with E-state index in [-0.39, 0.29) is 12.6 Å². The molecule has 2 aliphatic carbocycles. The van der Waals surface area contributed by atoms with Crippen molar-refractivity contribution in [2.75, 3.05) is 19.0 Å². The number of ether oxygens (including phenoxy) is 1. The largest absolute Gasteiger partial charge is 0.465 e. The summed E-state index contributed by atoms with van der Waals surface area (Å²) in [6, 6.07) is 0.510. The molecule has 0 radical (unpaired) electrons. The van der Waals surface area contributed by atoms with Gasteiger partial charge in [-0.05, 0) is 39.0 Å². The van der Waals surface area contributed by atoms with E-state index in [1.54, 1.807) is 11.8 Å². The van der Waals surface area contributed by atoms with E-state index in [4.69, 9.17) is 9.84 Å². The summed E-state index contributed by atoms with van der Waals surface area (Å²) in [6.07, 6.45) is 5.09. The van der Waals surface area contributed by atoms with Gasteiger partial charge in [-0.15, -0.1) is 0 Å². The highest BCUT2D eigenvalue weighted by molar-refractivity contribution is 7.99. The summed E-state index contributed by atoms with van der Waals surface area (Å²) in [7, 11) is 0. The fraction of sp³-hybridized carbons (Fsp3) is 0.923. The Morgan fingerprint density at radius 3 is 2.89 bits per heavy atom. The lowest BCUT2D eigenvalue weighted by Gasteiger charge is -2.28. The van der Waals surface area contributed by atoms with Gasteiger partial charge in [-0.25, -0.2) is 0 Å². The molecule has 0 aliphatic heterocycles. The smallest absolute Gasteiger partial charge is 0.326 e. The molecule has 18 heavy (non-hydrogen) atoms. The van der Waals surface area contributed by atoms with Crippen molar-refractivity contribution < 1.29 is 14.6 Å². The van der Waals surface area contributed by atoms with Crippen molar-refractivity contribution in [2.45, 2.75) is 55.9 Å². The topological polar surface area (TPSA) is 58.6 Å². The highest BCUT2D eigenvalue weighted by Gasteiger charge is 2.48. The van der Waals surface area contributed by atoms with Gasteiger partial charge in [-0.3, -0.25) is 10.1 Å². The van der Waals surface area contributed by atoms with Crippen LogP contribution in [-0.2, 0) is 9.53 Å². The number of hydrogen-bond acceptors (Lipinski definition) is 5. The molecule has 0 heterocycles. The van der Waals surface area contributed by atoms with Gasteiger partial charge in [0.25, 0.3) is 0 Å². The molecular formula is C13H23NO3S. The van der Waals surface area contributed by atoms with Gasteiger partial charge in [0, 0.05) is 17.0 Å². The molecule has 2 saturated carbocycles. The maximum absolute atomic E-state index is 12.2. The minimum absolute atomic E-state index is 0.0796. The zero-order valence-electron chi connectivity index (χ0n) is 11.0. The second kappa shape index (κ2) is 6.26. The van der Waals surface area contributed by atoms with Gasteiger partial charge in [0.2, 0.25) is 0 Å². The highest BCUT2D eigenvalue weighted by Crippen LogP contribution is 2.40. The summed E-state index contributed by atoms with van der Waals surface area (Å²) in [5.41, 5.74) is -0.454. The predicted octanol–water partition coefficient (Wildman–Crippen LogP) is 1.32. The Bertz CT molecular complexity index is 296. The standard InChI is InChI=1S/C13H23NO3S/c1-2-17-12(16)13(14-10-3-4-10)6-5-11(9-13)18-8-7-15/h10-11,14-15H,2-9H2,1H3. The van der Waals surface area contributed by atoms with E-state index < -0.39 is 5.54 Å². The van der Waals surface area contributed by atoms with Crippen molar-refractivity contribution in [3.63, 3.8) is 0 Å². The Morgan fingerprint density at radius 2 is 2.28 bits per heavy atom. The molecule has 0 saturated heterocycles. The average Bonchev–Trinajstić information content (AvgIpc) is 3.06. The number of aliphatic hydroxyl groups is 1. The van der Waals surface area contributed by atoms with E-state index in [1.165, 1.54) is 12.8 Å². The zero-order chi connectivity index (χ0) is 13.0. The molecule has 2 fully saturated rings. The highest BCUT2D eigenvalue weighted by atomic mass is 32.2. The van der Waals surface area contributed by atoms with Crippen LogP contribution in [0.4, 0.5) is 0 Å². The van der Waals surface area contributed by atoms with E-state index in [1.807, 2.05) is 6.92 Å². The first-order chi connectivity index (χ1) is 8.70. The molecule has 0 amide bonds. The predicted molar refractivity (Wildman–Crippen MR) is 72.7 cm³/mol. The number of hydrogen-bond donors (Lipinski definition) is 2. The Labute approximate surface area is 113 Å². The molecule has 2 N–H and O–H groups in total. The minimum atomic E-state index is -0.454. The lowest BCUT2D eigenvalue weighted by Crippen LogP contribution is -2.52. The zero-order valence-corrected chi connectivity index (χ0v) is 11.8. The molecule has 0 aromatic carbocycles. The first kappa shape index (κ1) is 14.2. The van der Waals surface area contributed by atoms with Crippen molar-refractivity contribution in [1.29, 1.82) is 0 Å². The Balaban J connectivity index is 1.95. The van der Waals surface area contributed by atoms with Crippen molar-refractivity contribution in [1.82, 2.24) is 5.32 Å². The van der Waals surface area contributed by atoms with Crippen LogP contribution in [0, 0.1) is 0 Å². The fourth-order valence-corrected chi connectivity index (χ4v) is 3.75. The monoisotopic (exact) mass is 273 g/mol. The number of carbonyl (C=O) groups excluding carboxylic acids is 1. The second-order valence-corrected chi connectivity index (χ2v) is 6.59. The number of esters is 1. The van der Waals surface area contributed by atoms with E-state index >= 15 is 0 Å². The van der Waals surface area contributed by atoms with Gasteiger partial charge in [-0.1, -0.05) is 0 Å². The van der Waals surface area contributed by atoms with Crippen LogP contribution >= 0.6 is 11.8 Å². The Kier molecular flexibility index (Phi) is 4.92. The quantitative estimate of drug-likeness (QED) is 0.685. The van der Waals surface area contributed by atoms with E-state index in [0.717, 1.165) is 25.0 Å². The van der Waals surface area contributed by atoms with Gasteiger partial charge in [0.05, 0.1) is 13.2 Å². The molecule has 0 aromatic heterocycles. The third-order valence-corrected chi connectivity index (χ3v) is 4.93. The third kappa shape index (κ3) is 3.39. The van der Waals surface area contributed by atoms with Crippen LogP contribution in [0.15, 0.2) is 0 Å². The second-order valence-electron chi connectivity index (χ2n) is 5.18. The van der Waals surface area contributed by atoms with E-state index in [0.29, 0.717) is 17.9 Å². The molecule has 0 spiro atoms. The lowest BCUT2D eigenvalue weighted by atomic mass is 9.97. The first-order valence-corrected chi connectivity index (χ1v) is 7.92. The van der Waals surface area contributed by atoms with Crippen LogP contribution in [0.5, 0.6) is 0 Å². The van der Waals surface area contributed by atoms with Crippen LogP contribution in [0.3, 0.4) is 0 Å². The maximum Gasteiger partial charge on any atom is 0.326 e. The van der Waals surface area contributed by atoms with Crippen LogP contribution in [0.25, 0.3) is 0 Å². The molecule has 104 valence electrons. The molecule has 2 unspecified atom stereocenters. The molecule has 2 atom stereocenters. The Morgan fingerprint density at radius 1 is 1.50 bits per heavy atom. The van der Waals surface area contributed by atoms with E-state index in [2.05, 4.69) is 5.32 Å². The summed E-state index contributed by atoms with van der Waals surface area (Å²) in [4.78, 5) is 12.2. The van der Waals surface area contributed by atoms with Crippen LogP contribution < -0.4 is 5.32 Å². The molecule has 0 bridgehead atoms. The normalized spacial score (nSPS) is 31.6. The molecule has 5 heteroatoms. The van der Waals surface area contributed by atoms with Crippen molar-refractivity contribution in [3.05, 3.63) is 0 Å². The van der Waals surface area contributed by atoms with E-state index in [9.17, 15) is 4.79 Å². The Hall–Kier alpha value is -0.260. The SMILES string of the molecule is CCOC(=O)C1(NC2CC2)CCC(SCCO)C1. The van der Waals surface area contributed by atoms with Gasteiger partial charge in [-0.2, -0.15) is 11.8 Å². The summed E-state index contributed by atoms with van der Waals surface area (Å²) in [5, 5.41) is 12.8. The summed E-state index contributed by atoms with van der Waals surface area (Å²) >= 11 is 1.77. The van der Waals surface area contributed by atoms with Crippen LogP contribution in [-0.4, -0.2) is 46.9 Å². The fourth-order valence-electron chi connectivity index (χ4n) is 2.62. The minimum Gasteiger partial charge on any atom is -0.465 e. The number of rotatable bonds is 7. The van der Waals surface area contributed by atoms with Crippen molar-refractivity contribution in [2.24, 2.45) is 0 Å². The average molecular weight is 273 g/mol. The van der Waals surface area contributed by atoms with Gasteiger partial charge >= 0.3 is 5.97 Å². The van der Waals surface area contributed by atoms with Crippen molar-refractivity contribution in [3.8, 4) is 0 Å².